The van der Waals surface area contributed by atoms with Crippen LogP contribution in [0.25, 0.3) is 0 Å². The van der Waals surface area contributed by atoms with E-state index in [1.54, 1.807) is 18.2 Å². The lowest BCUT2D eigenvalue weighted by molar-refractivity contribution is -0.127. The van der Waals surface area contributed by atoms with Gasteiger partial charge >= 0.3 is 0 Å². The highest BCUT2D eigenvalue weighted by molar-refractivity contribution is 8.00. The van der Waals surface area contributed by atoms with E-state index >= 15 is 0 Å². The van der Waals surface area contributed by atoms with Gasteiger partial charge in [-0.15, -0.1) is 11.8 Å². The monoisotopic (exact) mass is 386 g/mol. The summed E-state index contributed by atoms with van der Waals surface area (Å²) in [6.07, 6.45) is 2.13. The summed E-state index contributed by atoms with van der Waals surface area (Å²) in [5.41, 5.74) is 1.38. The predicted octanol–water partition coefficient (Wildman–Crippen LogP) is 4.03. The Morgan fingerprint density at radius 3 is 2.48 bits per heavy atom. The van der Waals surface area contributed by atoms with Crippen molar-refractivity contribution in [3.63, 3.8) is 0 Å². The van der Waals surface area contributed by atoms with Crippen molar-refractivity contribution in [2.75, 3.05) is 18.8 Å². The fourth-order valence-corrected chi connectivity index (χ4v) is 4.04. The lowest BCUT2D eigenvalue weighted by Crippen LogP contribution is -2.29. The Bertz CT molecular complexity index is 804. The van der Waals surface area contributed by atoms with Crippen LogP contribution < -0.4 is 5.32 Å². The molecule has 4 nitrogen and oxygen atoms in total. The van der Waals surface area contributed by atoms with Crippen LogP contribution in [0.5, 0.6) is 0 Å². The van der Waals surface area contributed by atoms with Gasteiger partial charge in [-0.1, -0.05) is 24.3 Å². The van der Waals surface area contributed by atoms with E-state index in [2.05, 4.69) is 5.32 Å². The minimum Gasteiger partial charge on any atom is -0.345 e. The molecule has 0 spiro atoms. The Morgan fingerprint density at radius 2 is 1.78 bits per heavy atom. The van der Waals surface area contributed by atoms with E-state index in [-0.39, 0.29) is 23.7 Å². The molecular formula is C21H23FN2O2S. The number of amides is 2. The van der Waals surface area contributed by atoms with Gasteiger partial charge in [-0.2, -0.15) is 0 Å². The number of halogens is 1. The number of thioether (sulfide) groups is 1. The van der Waals surface area contributed by atoms with Gasteiger partial charge in [-0.25, -0.2) is 4.39 Å². The highest BCUT2D eigenvalue weighted by Gasteiger charge is 2.20. The zero-order valence-electron chi connectivity index (χ0n) is 15.3. The van der Waals surface area contributed by atoms with Crippen molar-refractivity contribution in [3.8, 4) is 0 Å². The normalized spacial score (nSPS) is 14.8. The first-order chi connectivity index (χ1) is 13.0. The van der Waals surface area contributed by atoms with Crippen LogP contribution in [0.15, 0.2) is 53.4 Å². The molecule has 0 saturated carbocycles. The van der Waals surface area contributed by atoms with Gasteiger partial charge in [0.15, 0.2) is 0 Å². The van der Waals surface area contributed by atoms with Gasteiger partial charge in [0.05, 0.1) is 17.4 Å². The molecule has 1 aliphatic heterocycles. The molecule has 6 heteroatoms. The summed E-state index contributed by atoms with van der Waals surface area (Å²) in [6.45, 7) is 3.52. The third kappa shape index (κ3) is 5.10. The minimum absolute atomic E-state index is 0.118. The SMILES string of the molecule is CC(NC(=O)c1ccccc1SCC(=O)N1CCCC1)c1ccc(F)cc1. The van der Waals surface area contributed by atoms with E-state index in [1.165, 1.54) is 23.9 Å². The average molecular weight is 386 g/mol. The number of likely N-dealkylation sites (tertiary alicyclic amines) is 1. The third-order valence-corrected chi connectivity index (χ3v) is 5.72. The zero-order chi connectivity index (χ0) is 19.2. The van der Waals surface area contributed by atoms with Crippen molar-refractivity contribution < 1.29 is 14.0 Å². The Labute approximate surface area is 163 Å². The first-order valence-electron chi connectivity index (χ1n) is 9.10. The van der Waals surface area contributed by atoms with Gasteiger partial charge in [0.2, 0.25) is 5.91 Å². The Hall–Kier alpha value is -2.34. The number of rotatable bonds is 6. The molecule has 0 aromatic heterocycles. The van der Waals surface area contributed by atoms with Crippen molar-refractivity contribution in [2.24, 2.45) is 0 Å². The highest BCUT2D eigenvalue weighted by Crippen LogP contribution is 2.24. The Morgan fingerprint density at radius 1 is 1.11 bits per heavy atom. The first-order valence-corrected chi connectivity index (χ1v) is 10.1. The summed E-state index contributed by atoms with van der Waals surface area (Å²) >= 11 is 1.39. The number of nitrogens with one attached hydrogen (secondary N) is 1. The van der Waals surface area contributed by atoms with E-state index in [9.17, 15) is 14.0 Å². The summed E-state index contributed by atoms with van der Waals surface area (Å²) in [5, 5.41) is 2.95. The van der Waals surface area contributed by atoms with Crippen LogP contribution in [0.4, 0.5) is 4.39 Å². The quantitative estimate of drug-likeness (QED) is 0.763. The highest BCUT2D eigenvalue weighted by atomic mass is 32.2. The van der Waals surface area contributed by atoms with Crippen LogP contribution in [0.1, 0.15) is 41.7 Å². The lowest BCUT2D eigenvalue weighted by Gasteiger charge is -2.17. The standard InChI is InChI=1S/C21H23FN2O2S/c1-15(16-8-10-17(22)11-9-16)23-21(26)18-6-2-3-7-19(18)27-14-20(25)24-12-4-5-13-24/h2-3,6-11,15H,4-5,12-14H2,1H3,(H,23,26). The maximum atomic E-state index is 13.1. The number of carbonyl (C=O) groups excluding carboxylic acids is 2. The smallest absolute Gasteiger partial charge is 0.252 e. The van der Waals surface area contributed by atoms with Crippen LogP contribution in [-0.4, -0.2) is 35.6 Å². The number of carbonyl (C=O) groups is 2. The lowest BCUT2D eigenvalue weighted by atomic mass is 10.1. The van der Waals surface area contributed by atoms with Crippen LogP contribution in [0.2, 0.25) is 0 Å². The van der Waals surface area contributed by atoms with E-state index in [1.807, 2.05) is 30.0 Å². The molecule has 27 heavy (non-hydrogen) atoms. The summed E-state index contributed by atoms with van der Waals surface area (Å²) in [6, 6.07) is 13.1. The van der Waals surface area contributed by atoms with Crippen molar-refractivity contribution in [2.45, 2.75) is 30.7 Å². The minimum atomic E-state index is -0.304. The van der Waals surface area contributed by atoms with Gasteiger partial charge in [-0.05, 0) is 49.6 Å². The molecule has 2 aromatic carbocycles. The molecule has 0 bridgehead atoms. The molecule has 3 rings (SSSR count). The maximum absolute atomic E-state index is 13.1. The van der Waals surface area contributed by atoms with Gasteiger partial charge < -0.3 is 10.2 Å². The van der Waals surface area contributed by atoms with Crippen molar-refractivity contribution >= 4 is 23.6 Å². The van der Waals surface area contributed by atoms with Crippen molar-refractivity contribution in [1.82, 2.24) is 10.2 Å². The van der Waals surface area contributed by atoms with E-state index in [4.69, 9.17) is 0 Å². The molecule has 1 heterocycles. The second-order valence-corrected chi connectivity index (χ2v) is 7.64. The molecule has 2 aromatic rings. The largest absolute Gasteiger partial charge is 0.345 e. The molecule has 0 aliphatic carbocycles. The maximum Gasteiger partial charge on any atom is 0.252 e. The van der Waals surface area contributed by atoms with Crippen LogP contribution in [-0.2, 0) is 4.79 Å². The molecule has 2 amide bonds. The fraction of sp³-hybridized carbons (Fsp3) is 0.333. The van der Waals surface area contributed by atoms with Gasteiger partial charge in [0.25, 0.3) is 5.91 Å². The van der Waals surface area contributed by atoms with Crippen LogP contribution >= 0.6 is 11.8 Å². The van der Waals surface area contributed by atoms with Crippen molar-refractivity contribution in [1.29, 1.82) is 0 Å². The summed E-state index contributed by atoms with van der Waals surface area (Å²) < 4.78 is 13.1. The Kier molecular flexibility index (Phi) is 6.50. The second-order valence-electron chi connectivity index (χ2n) is 6.62. The summed E-state index contributed by atoms with van der Waals surface area (Å²) in [4.78, 5) is 27.7. The first kappa shape index (κ1) is 19.4. The summed E-state index contributed by atoms with van der Waals surface area (Å²) in [7, 11) is 0. The number of hydrogen-bond acceptors (Lipinski definition) is 3. The molecule has 1 saturated heterocycles. The molecule has 1 atom stereocenters. The third-order valence-electron chi connectivity index (χ3n) is 4.66. The van der Waals surface area contributed by atoms with Crippen LogP contribution in [0.3, 0.4) is 0 Å². The van der Waals surface area contributed by atoms with Crippen molar-refractivity contribution in [3.05, 3.63) is 65.5 Å². The van der Waals surface area contributed by atoms with Gasteiger partial charge in [-0.3, -0.25) is 9.59 Å². The van der Waals surface area contributed by atoms with Crippen LogP contribution in [0, 0.1) is 5.82 Å². The zero-order valence-corrected chi connectivity index (χ0v) is 16.1. The van der Waals surface area contributed by atoms with Gasteiger partial charge in [0.1, 0.15) is 5.82 Å². The van der Waals surface area contributed by atoms with Gasteiger partial charge in [0, 0.05) is 18.0 Å². The van der Waals surface area contributed by atoms with E-state index < -0.39 is 0 Å². The number of nitrogens with zero attached hydrogens (tertiary/aromatic N) is 1. The summed E-state index contributed by atoms with van der Waals surface area (Å²) in [5.74, 6) is -0.0599. The molecule has 1 N–H and O–H groups in total. The molecule has 1 unspecified atom stereocenters. The predicted molar refractivity (Wildman–Crippen MR) is 105 cm³/mol. The Balaban J connectivity index is 1.64. The number of benzene rings is 2. The molecular weight excluding hydrogens is 363 g/mol. The molecule has 1 fully saturated rings. The number of hydrogen-bond donors (Lipinski definition) is 1. The van der Waals surface area contributed by atoms with E-state index in [0.29, 0.717) is 11.3 Å². The average Bonchev–Trinajstić information content (AvgIpc) is 3.21. The molecule has 142 valence electrons. The van der Waals surface area contributed by atoms with E-state index in [0.717, 1.165) is 36.4 Å². The molecule has 0 radical (unpaired) electrons. The fourth-order valence-electron chi connectivity index (χ4n) is 3.09. The topological polar surface area (TPSA) is 49.4 Å². The second kappa shape index (κ2) is 9.04. The molecule has 1 aliphatic rings.